The minimum atomic E-state index is -4.01. The molecule has 0 aliphatic carbocycles. The summed E-state index contributed by atoms with van der Waals surface area (Å²) in [5.41, 5.74) is 6.62. The van der Waals surface area contributed by atoms with Crippen molar-refractivity contribution in [3.05, 3.63) is 182 Å². The lowest BCUT2D eigenvalue weighted by molar-refractivity contribution is 0.592. The van der Waals surface area contributed by atoms with E-state index in [9.17, 15) is 16.8 Å². The lowest BCUT2D eigenvalue weighted by Gasteiger charge is -2.13. The predicted octanol–water partition coefficient (Wildman–Crippen LogP) is 10.0. The molecule has 48 heavy (non-hydrogen) atoms. The zero-order valence-corrected chi connectivity index (χ0v) is 27.4. The highest BCUT2D eigenvalue weighted by molar-refractivity contribution is 7.92. The summed E-state index contributed by atoms with van der Waals surface area (Å²) in [6.45, 7) is 0. The average Bonchev–Trinajstić information content (AvgIpc) is 3.16. The minimum Gasteiger partial charge on any atom is -0.219 e. The first-order valence-corrected chi connectivity index (χ1v) is 18.4. The van der Waals surface area contributed by atoms with Gasteiger partial charge in [-0.1, -0.05) is 121 Å². The molecular weight excluding hydrogens is 633 g/mol. The van der Waals surface area contributed by atoms with Gasteiger partial charge in [0.25, 0.3) is 0 Å². The minimum absolute atomic E-state index is 0.00804. The molecule has 0 aliphatic heterocycles. The molecule has 234 valence electrons. The Morgan fingerprint density at radius 2 is 0.458 bits per heavy atom. The van der Waals surface area contributed by atoms with Crippen LogP contribution in [0.3, 0.4) is 0 Å². The molecular formula is C42H30O4S2. The van der Waals surface area contributed by atoms with Crippen LogP contribution >= 0.6 is 0 Å². The summed E-state index contributed by atoms with van der Waals surface area (Å²) in [7, 11) is -8.01. The van der Waals surface area contributed by atoms with Gasteiger partial charge in [-0.05, 0) is 105 Å². The van der Waals surface area contributed by atoms with E-state index in [2.05, 4.69) is 0 Å². The van der Waals surface area contributed by atoms with Gasteiger partial charge in [0.05, 0.1) is 19.6 Å². The summed E-state index contributed by atoms with van der Waals surface area (Å²) in [4.78, 5) is 0.269. The summed E-state index contributed by atoms with van der Waals surface area (Å²) in [6, 6.07) is 54.6. The number of benzene rings is 7. The first-order valence-electron chi connectivity index (χ1n) is 15.4. The van der Waals surface area contributed by atoms with Crippen LogP contribution in [-0.4, -0.2) is 16.8 Å². The van der Waals surface area contributed by atoms with E-state index in [1.165, 1.54) is 24.3 Å². The molecule has 0 aromatic heterocycles. The third-order valence-electron chi connectivity index (χ3n) is 8.31. The highest BCUT2D eigenvalue weighted by Crippen LogP contribution is 2.35. The molecule has 7 rings (SSSR count). The lowest BCUT2D eigenvalue weighted by atomic mass is 9.99. The fraction of sp³-hybridized carbons (Fsp3) is 0. The van der Waals surface area contributed by atoms with Gasteiger partial charge < -0.3 is 0 Å². The van der Waals surface area contributed by atoms with Crippen LogP contribution in [-0.2, 0) is 19.7 Å². The largest absolute Gasteiger partial charge is 0.219 e. The van der Waals surface area contributed by atoms with Crippen molar-refractivity contribution in [1.29, 1.82) is 0 Å². The molecule has 0 radical (unpaired) electrons. The Bertz CT molecular complexity index is 2140. The van der Waals surface area contributed by atoms with Crippen LogP contribution in [0.2, 0.25) is 0 Å². The maximum atomic E-state index is 14.1. The van der Waals surface area contributed by atoms with E-state index in [1.54, 1.807) is 24.3 Å². The highest BCUT2D eigenvalue weighted by Gasteiger charge is 2.24. The van der Waals surface area contributed by atoms with Gasteiger partial charge in [0.1, 0.15) is 0 Å². The predicted molar refractivity (Wildman–Crippen MR) is 192 cm³/mol. The van der Waals surface area contributed by atoms with Crippen molar-refractivity contribution < 1.29 is 16.8 Å². The quantitative estimate of drug-likeness (QED) is 0.162. The summed E-state index contributed by atoms with van der Waals surface area (Å²) < 4.78 is 56.3. The van der Waals surface area contributed by atoms with Crippen molar-refractivity contribution >= 4 is 19.7 Å². The van der Waals surface area contributed by atoms with E-state index in [-0.39, 0.29) is 19.6 Å². The molecule has 7 aromatic rings. The van der Waals surface area contributed by atoms with Crippen LogP contribution in [0.1, 0.15) is 0 Å². The molecule has 0 spiro atoms. The van der Waals surface area contributed by atoms with E-state index < -0.39 is 19.7 Å². The van der Waals surface area contributed by atoms with Gasteiger partial charge in [-0.25, -0.2) is 16.8 Å². The van der Waals surface area contributed by atoms with E-state index in [1.807, 2.05) is 133 Å². The molecule has 0 saturated heterocycles. The first kappa shape index (κ1) is 31.1. The molecule has 0 saturated carbocycles. The zero-order chi connectivity index (χ0) is 33.1. The summed E-state index contributed by atoms with van der Waals surface area (Å²) in [5, 5.41) is 0. The van der Waals surface area contributed by atoms with Crippen molar-refractivity contribution in [3.63, 3.8) is 0 Å². The van der Waals surface area contributed by atoms with E-state index in [0.717, 1.165) is 44.5 Å². The Balaban J connectivity index is 1.29. The van der Waals surface area contributed by atoms with Crippen LogP contribution < -0.4 is 0 Å². The molecule has 7 aromatic carbocycles. The van der Waals surface area contributed by atoms with E-state index in [0.29, 0.717) is 0 Å². The molecule has 4 nitrogen and oxygen atoms in total. The molecule has 0 unspecified atom stereocenters. The Hall–Kier alpha value is -5.56. The summed E-state index contributed by atoms with van der Waals surface area (Å²) in [6.07, 6.45) is 0. The summed E-state index contributed by atoms with van der Waals surface area (Å²) >= 11 is 0. The Labute approximate surface area is 281 Å². The lowest BCUT2D eigenvalue weighted by Crippen LogP contribution is -2.06. The molecule has 6 heteroatoms. The van der Waals surface area contributed by atoms with Crippen molar-refractivity contribution in [2.45, 2.75) is 19.6 Å². The van der Waals surface area contributed by atoms with Gasteiger partial charge >= 0.3 is 0 Å². The number of hydrogen-bond acceptors (Lipinski definition) is 4. The van der Waals surface area contributed by atoms with Crippen LogP contribution in [0.15, 0.2) is 202 Å². The zero-order valence-electron chi connectivity index (χ0n) is 25.8. The standard InChI is InChI=1S/C42H30O4S2/c43-47(44,41-27-35(31-13-5-1-6-14-31)25-36(28-41)32-15-7-2-8-16-32)39-21-23-40(24-22-39)48(45,46)42-29-37(33-17-9-3-10-18-33)26-38(30-42)34-19-11-4-12-20-34/h1-30H. The Morgan fingerprint density at radius 3 is 0.688 bits per heavy atom. The smallest absolute Gasteiger partial charge is 0.206 e. The van der Waals surface area contributed by atoms with E-state index in [4.69, 9.17) is 0 Å². The topological polar surface area (TPSA) is 68.3 Å². The second-order valence-electron chi connectivity index (χ2n) is 11.4. The fourth-order valence-electron chi connectivity index (χ4n) is 5.77. The third kappa shape index (κ3) is 6.24. The molecule has 0 atom stereocenters. The van der Waals surface area contributed by atoms with Crippen LogP contribution in [0.5, 0.6) is 0 Å². The van der Waals surface area contributed by atoms with Crippen LogP contribution in [0.25, 0.3) is 44.5 Å². The first-order chi connectivity index (χ1) is 23.3. The summed E-state index contributed by atoms with van der Waals surface area (Å²) in [5.74, 6) is 0. The Morgan fingerprint density at radius 1 is 0.229 bits per heavy atom. The normalized spacial score (nSPS) is 11.7. The molecule has 0 fully saturated rings. The van der Waals surface area contributed by atoms with E-state index >= 15 is 0 Å². The molecule has 0 heterocycles. The third-order valence-corrected chi connectivity index (χ3v) is 11.8. The van der Waals surface area contributed by atoms with Crippen LogP contribution in [0, 0.1) is 0 Å². The van der Waals surface area contributed by atoms with Crippen molar-refractivity contribution in [1.82, 2.24) is 0 Å². The SMILES string of the molecule is O=S(=O)(c1ccc(S(=O)(=O)c2cc(-c3ccccc3)cc(-c3ccccc3)c2)cc1)c1cc(-c2ccccc2)cc(-c2ccccc2)c1. The van der Waals surface area contributed by atoms with Crippen LogP contribution in [0.4, 0.5) is 0 Å². The average molecular weight is 663 g/mol. The van der Waals surface area contributed by atoms with Crippen molar-refractivity contribution in [2.75, 3.05) is 0 Å². The molecule has 0 aliphatic rings. The van der Waals surface area contributed by atoms with Gasteiger partial charge in [0.2, 0.25) is 19.7 Å². The number of hydrogen-bond donors (Lipinski definition) is 0. The van der Waals surface area contributed by atoms with Crippen molar-refractivity contribution in [3.8, 4) is 44.5 Å². The highest BCUT2D eigenvalue weighted by atomic mass is 32.2. The van der Waals surface area contributed by atoms with Gasteiger partial charge in [-0.15, -0.1) is 0 Å². The molecule has 0 bridgehead atoms. The van der Waals surface area contributed by atoms with Gasteiger partial charge in [0, 0.05) is 0 Å². The Kier molecular flexibility index (Phi) is 8.36. The number of rotatable bonds is 8. The van der Waals surface area contributed by atoms with Gasteiger partial charge in [-0.3, -0.25) is 0 Å². The van der Waals surface area contributed by atoms with Gasteiger partial charge in [-0.2, -0.15) is 0 Å². The number of sulfone groups is 2. The maximum absolute atomic E-state index is 14.1. The van der Waals surface area contributed by atoms with Gasteiger partial charge in [0.15, 0.2) is 0 Å². The fourth-order valence-corrected chi connectivity index (χ4v) is 8.43. The second kappa shape index (κ2) is 12.9. The molecule has 0 N–H and O–H groups in total. The molecule has 0 amide bonds. The van der Waals surface area contributed by atoms with Crippen molar-refractivity contribution in [2.24, 2.45) is 0 Å². The maximum Gasteiger partial charge on any atom is 0.206 e. The second-order valence-corrected chi connectivity index (χ2v) is 15.3. The monoisotopic (exact) mass is 662 g/mol.